The molecule has 3 nitrogen and oxygen atoms in total. The minimum Gasteiger partial charge on any atom is -0.367 e. The van der Waals surface area contributed by atoms with Gasteiger partial charge < -0.3 is 5.32 Å². The molecule has 1 aliphatic rings. The van der Waals surface area contributed by atoms with Gasteiger partial charge in [0.1, 0.15) is 5.84 Å². The molecule has 1 N–H and O–H groups in total. The van der Waals surface area contributed by atoms with Crippen molar-refractivity contribution in [2.75, 3.05) is 0 Å². The molecule has 1 aliphatic carbocycles. The highest BCUT2D eigenvalue weighted by atomic mass is 35.5. The third kappa shape index (κ3) is 5.24. The molecule has 0 atom stereocenters. The van der Waals surface area contributed by atoms with Crippen molar-refractivity contribution < 1.29 is 0 Å². The van der Waals surface area contributed by atoms with E-state index in [4.69, 9.17) is 16.9 Å². The Bertz CT molecular complexity index is 546. The van der Waals surface area contributed by atoms with Crippen LogP contribution >= 0.6 is 11.6 Å². The van der Waals surface area contributed by atoms with Gasteiger partial charge in [0.05, 0.1) is 0 Å². The van der Waals surface area contributed by atoms with Crippen LogP contribution < -0.4 is 5.32 Å². The zero-order valence-corrected chi connectivity index (χ0v) is 13.0. The standard InChI is InChI=1S/C17H20ClN3/c1-13-2-9-16(10-3-13)21-17(20-12-19)11-6-14-4-7-15(18)8-5-14/h4-8,11,13,16H,2-3,9-10H2,1H3,(H,20,21). The molecule has 4 heteroatoms. The first kappa shape index (κ1) is 15.6. The van der Waals surface area contributed by atoms with E-state index in [1.54, 1.807) is 0 Å². The second-order valence-corrected chi connectivity index (χ2v) is 6.02. The second-order valence-electron chi connectivity index (χ2n) is 5.58. The molecule has 0 spiro atoms. The minimum atomic E-state index is 0.420. The monoisotopic (exact) mass is 301 g/mol. The third-order valence-corrected chi connectivity index (χ3v) is 4.09. The number of amidine groups is 1. The normalized spacial score (nSPS) is 23.0. The number of nitrogens with zero attached hydrogens (tertiary/aromatic N) is 2. The van der Waals surface area contributed by atoms with Gasteiger partial charge in [-0.25, -0.2) is 0 Å². The number of hydrogen-bond donors (Lipinski definition) is 1. The summed E-state index contributed by atoms with van der Waals surface area (Å²) in [5, 5.41) is 12.9. The van der Waals surface area contributed by atoms with Crippen molar-refractivity contribution in [2.45, 2.75) is 38.6 Å². The third-order valence-electron chi connectivity index (χ3n) is 3.84. The van der Waals surface area contributed by atoms with Gasteiger partial charge in [0, 0.05) is 11.1 Å². The SMILES string of the molecule is CC1CCC(NC(C=Cc2ccc(Cl)cc2)=NC#N)CC1. The number of aliphatic imine (C=N–C) groups is 1. The summed E-state index contributed by atoms with van der Waals surface area (Å²) in [4.78, 5) is 3.87. The van der Waals surface area contributed by atoms with E-state index in [1.165, 1.54) is 12.8 Å². The maximum Gasteiger partial charge on any atom is 0.207 e. The van der Waals surface area contributed by atoms with Crippen LogP contribution in [0.25, 0.3) is 6.08 Å². The first-order valence-corrected chi connectivity index (χ1v) is 7.72. The summed E-state index contributed by atoms with van der Waals surface area (Å²) in [6.45, 7) is 2.29. The van der Waals surface area contributed by atoms with E-state index in [0.29, 0.717) is 16.9 Å². The first-order valence-electron chi connectivity index (χ1n) is 7.34. The van der Waals surface area contributed by atoms with Gasteiger partial charge in [0.15, 0.2) is 0 Å². The number of rotatable bonds is 3. The summed E-state index contributed by atoms with van der Waals surface area (Å²) in [5.74, 6) is 1.44. The van der Waals surface area contributed by atoms with Crippen LogP contribution in [-0.2, 0) is 0 Å². The molecule has 0 radical (unpaired) electrons. The lowest BCUT2D eigenvalue weighted by atomic mass is 9.87. The van der Waals surface area contributed by atoms with Crippen molar-refractivity contribution >= 4 is 23.5 Å². The van der Waals surface area contributed by atoms with Crippen molar-refractivity contribution in [1.82, 2.24) is 5.32 Å². The Morgan fingerprint density at radius 2 is 1.95 bits per heavy atom. The Morgan fingerprint density at radius 1 is 1.29 bits per heavy atom. The fourth-order valence-electron chi connectivity index (χ4n) is 2.53. The maximum absolute atomic E-state index is 8.81. The van der Waals surface area contributed by atoms with Crippen LogP contribution in [0.5, 0.6) is 0 Å². The second kappa shape index (κ2) is 7.85. The number of halogens is 1. The van der Waals surface area contributed by atoms with Crippen molar-refractivity contribution in [3.8, 4) is 6.19 Å². The van der Waals surface area contributed by atoms with Crippen LogP contribution in [0, 0.1) is 17.4 Å². The summed E-state index contributed by atoms with van der Waals surface area (Å²) >= 11 is 5.86. The Morgan fingerprint density at radius 3 is 2.57 bits per heavy atom. The summed E-state index contributed by atoms with van der Waals surface area (Å²) < 4.78 is 0. The van der Waals surface area contributed by atoms with Gasteiger partial charge in [-0.1, -0.05) is 36.7 Å². The van der Waals surface area contributed by atoms with Gasteiger partial charge in [-0.05, 0) is 55.4 Å². The molecule has 21 heavy (non-hydrogen) atoms. The molecule has 1 aromatic carbocycles. The maximum atomic E-state index is 8.81. The lowest BCUT2D eigenvalue weighted by Crippen LogP contribution is -2.36. The van der Waals surface area contributed by atoms with Crippen molar-refractivity contribution in [3.05, 3.63) is 40.9 Å². The predicted molar refractivity (Wildman–Crippen MR) is 88.1 cm³/mol. The Labute approximate surface area is 131 Å². The quantitative estimate of drug-likeness (QED) is 0.511. The van der Waals surface area contributed by atoms with Gasteiger partial charge in [-0.15, -0.1) is 0 Å². The molecular weight excluding hydrogens is 282 g/mol. The van der Waals surface area contributed by atoms with E-state index in [0.717, 1.165) is 24.3 Å². The van der Waals surface area contributed by atoms with Crippen LogP contribution in [-0.4, -0.2) is 11.9 Å². The van der Waals surface area contributed by atoms with Crippen LogP contribution in [0.3, 0.4) is 0 Å². The molecule has 0 saturated heterocycles. The molecule has 0 amide bonds. The molecule has 110 valence electrons. The Kier molecular flexibility index (Phi) is 5.83. The summed E-state index contributed by atoms with van der Waals surface area (Å²) in [5.41, 5.74) is 1.03. The average molecular weight is 302 g/mol. The lowest BCUT2D eigenvalue weighted by Gasteiger charge is -2.27. The van der Waals surface area contributed by atoms with Crippen molar-refractivity contribution in [1.29, 1.82) is 5.26 Å². The smallest absolute Gasteiger partial charge is 0.207 e. The number of nitriles is 1. The van der Waals surface area contributed by atoms with Gasteiger partial charge >= 0.3 is 0 Å². The van der Waals surface area contributed by atoms with Gasteiger partial charge in [-0.3, -0.25) is 0 Å². The summed E-state index contributed by atoms with van der Waals surface area (Å²) in [7, 11) is 0. The van der Waals surface area contributed by atoms with Crippen LogP contribution in [0.4, 0.5) is 0 Å². The molecule has 0 unspecified atom stereocenters. The topological polar surface area (TPSA) is 48.2 Å². The van der Waals surface area contributed by atoms with Gasteiger partial charge in [0.25, 0.3) is 0 Å². The highest BCUT2D eigenvalue weighted by molar-refractivity contribution is 6.30. The summed E-state index contributed by atoms with van der Waals surface area (Å²) in [6, 6.07) is 7.98. The van der Waals surface area contributed by atoms with Crippen molar-refractivity contribution in [3.63, 3.8) is 0 Å². The molecule has 0 bridgehead atoms. The lowest BCUT2D eigenvalue weighted by molar-refractivity contribution is 0.331. The van der Waals surface area contributed by atoms with E-state index in [2.05, 4.69) is 17.2 Å². The zero-order chi connectivity index (χ0) is 15.1. The highest BCUT2D eigenvalue weighted by Crippen LogP contribution is 2.23. The highest BCUT2D eigenvalue weighted by Gasteiger charge is 2.18. The van der Waals surface area contributed by atoms with E-state index in [1.807, 2.05) is 42.6 Å². The van der Waals surface area contributed by atoms with E-state index >= 15 is 0 Å². The van der Waals surface area contributed by atoms with E-state index < -0.39 is 0 Å². The molecular formula is C17H20ClN3. The van der Waals surface area contributed by atoms with Gasteiger partial charge in [0.2, 0.25) is 6.19 Å². The van der Waals surface area contributed by atoms with E-state index in [9.17, 15) is 0 Å². The number of hydrogen-bond acceptors (Lipinski definition) is 2. The molecule has 0 heterocycles. The molecule has 0 aromatic heterocycles. The Hall–Kier alpha value is -1.79. The molecule has 2 rings (SSSR count). The van der Waals surface area contributed by atoms with Gasteiger partial charge in [-0.2, -0.15) is 10.3 Å². The molecule has 0 aliphatic heterocycles. The number of benzene rings is 1. The summed E-state index contributed by atoms with van der Waals surface area (Å²) in [6.07, 6.45) is 10.4. The van der Waals surface area contributed by atoms with E-state index in [-0.39, 0.29) is 0 Å². The van der Waals surface area contributed by atoms with Crippen LogP contribution in [0.15, 0.2) is 35.3 Å². The molecule has 1 fully saturated rings. The largest absolute Gasteiger partial charge is 0.367 e. The van der Waals surface area contributed by atoms with Crippen LogP contribution in [0.2, 0.25) is 5.02 Å². The minimum absolute atomic E-state index is 0.420. The predicted octanol–water partition coefficient (Wildman–Crippen LogP) is 4.40. The molecule has 1 aromatic rings. The zero-order valence-electron chi connectivity index (χ0n) is 12.2. The Balaban J connectivity index is 1.98. The van der Waals surface area contributed by atoms with Crippen LogP contribution in [0.1, 0.15) is 38.2 Å². The fourth-order valence-corrected chi connectivity index (χ4v) is 2.66. The fraction of sp³-hybridized carbons (Fsp3) is 0.412. The molecule has 1 saturated carbocycles. The number of nitrogens with one attached hydrogen (secondary N) is 1. The van der Waals surface area contributed by atoms with Crippen molar-refractivity contribution in [2.24, 2.45) is 10.9 Å². The average Bonchev–Trinajstić information content (AvgIpc) is 2.49. The first-order chi connectivity index (χ1) is 10.2.